The number of rotatable bonds is 7. The van der Waals surface area contributed by atoms with Crippen molar-refractivity contribution in [1.29, 1.82) is 0 Å². The van der Waals surface area contributed by atoms with Crippen LogP contribution in [0.3, 0.4) is 0 Å². The number of hydrogen-bond donors (Lipinski definition) is 1. The van der Waals surface area contributed by atoms with Crippen LogP contribution in [0.2, 0.25) is 0 Å². The summed E-state index contributed by atoms with van der Waals surface area (Å²) >= 11 is 0. The molecule has 2 N–H and O–H groups in total. The number of ether oxygens (including phenoxy) is 2. The zero-order chi connectivity index (χ0) is 17.5. The fourth-order valence-corrected chi connectivity index (χ4v) is 2.64. The van der Waals surface area contributed by atoms with Crippen molar-refractivity contribution < 1.29 is 23.0 Å². The first kappa shape index (κ1) is 21.6. The van der Waals surface area contributed by atoms with Crippen LogP contribution in [0.4, 0.5) is 8.78 Å². The van der Waals surface area contributed by atoms with Gasteiger partial charge in [-0.3, -0.25) is 4.79 Å². The number of nitrogens with zero attached hydrogens (tertiary/aromatic N) is 1. The molecular weight excluding hydrogens is 354 g/mol. The molecule has 25 heavy (non-hydrogen) atoms. The summed E-state index contributed by atoms with van der Waals surface area (Å²) in [6.45, 7) is 4.05. The van der Waals surface area contributed by atoms with E-state index < -0.39 is 17.7 Å². The molecule has 1 saturated heterocycles. The molecule has 142 valence electrons. The van der Waals surface area contributed by atoms with E-state index in [1.807, 2.05) is 0 Å². The Kier molecular flexibility index (Phi) is 9.10. The predicted molar refractivity (Wildman–Crippen MR) is 92.9 cm³/mol. The first-order valence-corrected chi connectivity index (χ1v) is 8.23. The maximum absolute atomic E-state index is 13.2. The summed E-state index contributed by atoms with van der Waals surface area (Å²) in [5, 5.41) is 0. The van der Waals surface area contributed by atoms with Crippen molar-refractivity contribution in [3.63, 3.8) is 0 Å². The lowest BCUT2D eigenvalue weighted by molar-refractivity contribution is -0.140. The van der Waals surface area contributed by atoms with Gasteiger partial charge in [-0.1, -0.05) is 0 Å². The van der Waals surface area contributed by atoms with Gasteiger partial charge < -0.3 is 20.1 Å². The molecule has 0 aliphatic carbocycles. The highest BCUT2D eigenvalue weighted by Crippen LogP contribution is 2.19. The normalized spacial score (nSPS) is 16.2. The van der Waals surface area contributed by atoms with Gasteiger partial charge in [-0.2, -0.15) is 0 Å². The Balaban J connectivity index is 0.00000312. The van der Waals surface area contributed by atoms with Gasteiger partial charge in [0.05, 0.1) is 6.10 Å². The van der Waals surface area contributed by atoms with E-state index in [0.29, 0.717) is 26.2 Å². The smallest absolute Gasteiger partial charge is 0.263 e. The van der Waals surface area contributed by atoms with Crippen LogP contribution in [0.25, 0.3) is 0 Å². The van der Waals surface area contributed by atoms with Crippen molar-refractivity contribution in [2.45, 2.75) is 38.4 Å². The highest BCUT2D eigenvalue weighted by molar-refractivity contribution is 5.85. The van der Waals surface area contributed by atoms with Gasteiger partial charge in [-0.15, -0.1) is 12.4 Å². The Bertz CT molecular complexity index is 555. The third-order valence-corrected chi connectivity index (χ3v) is 4.01. The summed E-state index contributed by atoms with van der Waals surface area (Å²) in [6.07, 6.45) is 1.77. The standard InChI is InChI=1S/C17H24F2N2O3.ClH/c1-12(24-14-3-4-15(18)16(19)11-14)17(22)21-8-5-13(6-9-21)23-10-2-7-20;/h3-4,11-13H,2,5-10,20H2,1H3;1H. The van der Waals surface area contributed by atoms with Crippen LogP contribution in [0, 0.1) is 11.6 Å². The minimum Gasteiger partial charge on any atom is -0.481 e. The lowest BCUT2D eigenvalue weighted by Crippen LogP contribution is -2.46. The summed E-state index contributed by atoms with van der Waals surface area (Å²) in [7, 11) is 0. The van der Waals surface area contributed by atoms with E-state index in [1.165, 1.54) is 6.07 Å². The number of benzene rings is 1. The van der Waals surface area contributed by atoms with E-state index in [1.54, 1.807) is 11.8 Å². The molecule has 0 bridgehead atoms. The number of likely N-dealkylation sites (tertiary alicyclic amines) is 1. The van der Waals surface area contributed by atoms with E-state index in [-0.39, 0.29) is 30.2 Å². The van der Waals surface area contributed by atoms with Crippen molar-refractivity contribution in [3.8, 4) is 5.75 Å². The van der Waals surface area contributed by atoms with E-state index >= 15 is 0 Å². The number of carbonyl (C=O) groups excluding carboxylic acids is 1. The second-order valence-corrected chi connectivity index (χ2v) is 5.87. The Morgan fingerprint density at radius 3 is 2.60 bits per heavy atom. The molecule has 1 aliphatic rings. The summed E-state index contributed by atoms with van der Waals surface area (Å²) in [5.41, 5.74) is 5.43. The molecule has 8 heteroatoms. The first-order valence-electron chi connectivity index (χ1n) is 8.23. The highest BCUT2D eigenvalue weighted by Gasteiger charge is 2.27. The molecule has 1 aliphatic heterocycles. The van der Waals surface area contributed by atoms with Gasteiger partial charge in [0, 0.05) is 25.8 Å². The molecule has 1 heterocycles. The van der Waals surface area contributed by atoms with Gasteiger partial charge in [0.25, 0.3) is 5.91 Å². The number of hydrogen-bond acceptors (Lipinski definition) is 4. The average Bonchev–Trinajstić information content (AvgIpc) is 2.58. The van der Waals surface area contributed by atoms with Gasteiger partial charge in [0.1, 0.15) is 5.75 Å². The summed E-state index contributed by atoms with van der Waals surface area (Å²) in [5.74, 6) is -1.98. The summed E-state index contributed by atoms with van der Waals surface area (Å²) in [6, 6.07) is 3.22. The number of amides is 1. The van der Waals surface area contributed by atoms with Gasteiger partial charge in [0.2, 0.25) is 0 Å². The number of carbonyl (C=O) groups is 1. The average molecular weight is 379 g/mol. The molecule has 0 aromatic heterocycles. The molecule has 0 radical (unpaired) electrons. The van der Waals surface area contributed by atoms with Crippen LogP contribution in [-0.2, 0) is 9.53 Å². The number of nitrogens with two attached hydrogens (primary N) is 1. The summed E-state index contributed by atoms with van der Waals surface area (Å²) in [4.78, 5) is 14.1. The quantitative estimate of drug-likeness (QED) is 0.740. The van der Waals surface area contributed by atoms with Gasteiger partial charge >= 0.3 is 0 Å². The Labute approximate surface area is 152 Å². The molecule has 1 aromatic carbocycles. The van der Waals surface area contributed by atoms with Crippen LogP contribution in [0.5, 0.6) is 5.75 Å². The Morgan fingerprint density at radius 2 is 2.00 bits per heavy atom. The molecule has 1 atom stereocenters. The lowest BCUT2D eigenvalue weighted by Gasteiger charge is -2.33. The molecule has 0 saturated carbocycles. The molecule has 0 spiro atoms. The largest absolute Gasteiger partial charge is 0.481 e. The van der Waals surface area contributed by atoms with Crippen molar-refractivity contribution in [2.75, 3.05) is 26.2 Å². The molecule has 1 amide bonds. The minimum atomic E-state index is -0.998. The second-order valence-electron chi connectivity index (χ2n) is 5.87. The zero-order valence-electron chi connectivity index (χ0n) is 14.2. The molecular formula is C17H25ClF2N2O3. The maximum Gasteiger partial charge on any atom is 0.263 e. The van der Waals surface area contributed by atoms with Crippen LogP contribution < -0.4 is 10.5 Å². The van der Waals surface area contributed by atoms with E-state index in [2.05, 4.69) is 0 Å². The highest BCUT2D eigenvalue weighted by atomic mass is 35.5. The lowest BCUT2D eigenvalue weighted by atomic mass is 10.1. The van der Waals surface area contributed by atoms with Crippen molar-refractivity contribution in [2.24, 2.45) is 5.73 Å². The molecule has 1 fully saturated rings. The van der Waals surface area contributed by atoms with Crippen molar-refractivity contribution >= 4 is 18.3 Å². The van der Waals surface area contributed by atoms with Crippen LogP contribution in [-0.4, -0.2) is 49.3 Å². The Morgan fingerprint density at radius 1 is 1.32 bits per heavy atom. The summed E-state index contributed by atoms with van der Waals surface area (Å²) < 4.78 is 37.2. The van der Waals surface area contributed by atoms with Gasteiger partial charge in [0.15, 0.2) is 17.7 Å². The van der Waals surface area contributed by atoms with Crippen LogP contribution >= 0.6 is 12.4 Å². The molecule has 2 rings (SSSR count). The van der Waals surface area contributed by atoms with Crippen LogP contribution in [0.15, 0.2) is 18.2 Å². The molecule has 5 nitrogen and oxygen atoms in total. The van der Waals surface area contributed by atoms with Crippen molar-refractivity contribution in [1.82, 2.24) is 4.90 Å². The fourth-order valence-electron chi connectivity index (χ4n) is 2.64. The maximum atomic E-state index is 13.2. The van der Waals surface area contributed by atoms with Gasteiger partial charge in [-0.25, -0.2) is 8.78 Å². The monoisotopic (exact) mass is 378 g/mol. The minimum absolute atomic E-state index is 0. The third kappa shape index (κ3) is 6.41. The Hall–Kier alpha value is -1.44. The van der Waals surface area contributed by atoms with Crippen LogP contribution in [0.1, 0.15) is 26.2 Å². The predicted octanol–water partition coefficient (Wildman–Crippen LogP) is 2.51. The molecule has 1 unspecified atom stereocenters. The fraction of sp³-hybridized carbons (Fsp3) is 0.588. The second kappa shape index (κ2) is 10.5. The first-order chi connectivity index (χ1) is 11.5. The van der Waals surface area contributed by atoms with E-state index in [0.717, 1.165) is 31.4 Å². The van der Waals surface area contributed by atoms with E-state index in [9.17, 15) is 13.6 Å². The topological polar surface area (TPSA) is 64.8 Å². The van der Waals surface area contributed by atoms with Crippen molar-refractivity contribution in [3.05, 3.63) is 29.8 Å². The third-order valence-electron chi connectivity index (χ3n) is 4.01. The van der Waals surface area contributed by atoms with E-state index in [4.69, 9.17) is 15.2 Å². The molecule has 1 aromatic rings. The SMILES string of the molecule is CC(Oc1ccc(F)c(F)c1)C(=O)N1CCC(OCCCN)CC1.Cl. The zero-order valence-corrected chi connectivity index (χ0v) is 15.1. The number of piperidine rings is 1. The van der Waals surface area contributed by atoms with Gasteiger partial charge in [-0.05, 0) is 44.9 Å². The number of halogens is 3.